The fourth-order valence-electron chi connectivity index (χ4n) is 1.08. The maximum atomic E-state index is 9.19. The van der Waals surface area contributed by atoms with Gasteiger partial charge in [0.1, 0.15) is 0 Å². The number of aryl methyl sites for hydroxylation is 1. The van der Waals surface area contributed by atoms with Crippen LogP contribution in [0.4, 0.5) is 0 Å². The van der Waals surface area contributed by atoms with Crippen LogP contribution in [0.3, 0.4) is 0 Å². The van der Waals surface area contributed by atoms with Gasteiger partial charge in [-0.2, -0.15) is 0 Å². The number of aliphatic hydroxyl groups is 1. The lowest BCUT2D eigenvalue weighted by Gasteiger charge is -2.22. The fraction of sp³-hybridized carbons (Fsp3) is 0.455. The Morgan fingerprint density at radius 2 is 2.07 bits per heavy atom. The van der Waals surface area contributed by atoms with Crippen LogP contribution in [0, 0.1) is 6.92 Å². The summed E-state index contributed by atoms with van der Waals surface area (Å²) in [5.41, 5.74) is 1.21. The molecule has 1 aromatic rings. The highest BCUT2D eigenvalue weighted by Crippen LogP contribution is 2.37. The van der Waals surface area contributed by atoms with Crippen molar-refractivity contribution in [3.8, 4) is 0 Å². The van der Waals surface area contributed by atoms with Crippen molar-refractivity contribution in [3.63, 3.8) is 0 Å². The molecule has 1 aromatic carbocycles. The Morgan fingerprint density at radius 3 is 2.57 bits per heavy atom. The summed E-state index contributed by atoms with van der Waals surface area (Å²) in [4.78, 5) is 2.14. The zero-order valence-electron chi connectivity index (χ0n) is 8.74. The summed E-state index contributed by atoms with van der Waals surface area (Å²) < 4.78 is -0.149. The fourth-order valence-corrected chi connectivity index (χ4v) is 2.50. The predicted molar refractivity (Wildman–Crippen MR) is 65.5 cm³/mol. The van der Waals surface area contributed by atoms with E-state index in [1.54, 1.807) is 11.8 Å². The van der Waals surface area contributed by atoms with Gasteiger partial charge < -0.3 is 5.11 Å². The van der Waals surface area contributed by atoms with Gasteiger partial charge in [-0.15, -0.1) is 24.4 Å². The Bertz CT molecular complexity index is 301. The van der Waals surface area contributed by atoms with Crippen LogP contribution in [-0.2, 0) is 0 Å². The molecule has 0 saturated carbocycles. The van der Waals surface area contributed by atoms with E-state index in [4.69, 9.17) is 0 Å². The monoisotopic (exact) mass is 228 g/mol. The number of rotatable bonds is 3. The highest BCUT2D eigenvalue weighted by Gasteiger charge is 2.20. The Morgan fingerprint density at radius 1 is 1.43 bits per heavy atom. The first-order valence-electron chi connectivity index (χ1n) is 4.55. The minimum atomic E-state index is -0.149. The molecule has 0 saturated heterocycles. The number of thioether (sulfide) groups is 1. The van der Waals surface area contributed by atoms with Gasteiger partial charge >= 0.3 is 0 Å². The van der Waals surface area contributed by atoms with Gasteiger partial charge in [-0.25, -0.2) is 0 Å². The van der Waals surface area contributed by atoms with Crippen LogP contribution in [0.15, 0.2) is 28.0 Å². The third-order valence-electron chi connectivity index (χ3n) is 1.95. The third kappa shape index (κ3) is 2.94. The lowest BCUT2D eigenvalue weighted by Crippen LogP contribution is -2.19. The molecule has 0 aliphatic rings. The molecule has 0 aromatic heterocycles. The molecule has 0 amide bonds. The standard InChI is InChI=1S/C11H16OS2/c1-8-5-4-6-9(13)10(8)14-11(2,3)7-12/h4-6,12-13H,7H2,1-3H3. The molecule has 1 N–H and O–H groups in total. The van der Waals surface area contributed by atoms with Crippen LogP contribution in [0.25, 0.3) is 0 Å². The van der Waals surface area contributed by atoms with Gasteiger partial charge in [0.15, 0.2) is 0 Å². The first-order valence-corrected chi connectivity index (χ1v) is 5.81. The van der Waals surface area contributed by atoms with E-state index in [0.717, 1.165) is 9.79 Å². The average molecular weight is 228 g/mol. The van der Waals surface area contributed by atoms with E-state index in [9.17, 15) is 5.11 Å². The molecule has 0 heterocycles. The van der Waals surface area contributed by atoms with E-state index < -0.39 is 0 Å². The summed E-state index contributed by atoms with van der Waals surface area (Å²) >= 11 is 6.09. The van der Waals surface area contributed by atoms with Crippen LogP contribution in [-0.4, -0.2) is 16.5 Å². The molecule has 0 spiro atoms. The predicted octanol–water partition coefficient (Wildman–Crippen LogP) is 3.15. The largest absolute Gasteiger partial charge is 0.395 e. The Labute approximate surface area is 95.3 Å². The molecule has 0 aliphatic heterocycles. The Balaban J connectivity index is 2.97. The summed E-state index contributed by atoms with van der Waals surface area (Å²) in [6.07, 6.45) is 0. The lowest BCUT2D eigenvalue weighted by molar-refractivity contribution is 0.265. The molecule has 0 bridgehead atoms. The summed E-state index contributed by atoms with van der Waals surface area (Å²) in [5.74, 6) is 0. The summed E-state index contributed by atoms with van der Waals surface area (Å²) in [7, 11) is 0. The highest BCUT2D eigenvalue weighted by atomic mass is 32.2. The molecule has 3 heteroatoms. The van der Waals surface area contributed by atoms with Crippen LogP contribution in [0.1, 0.15) is 19.4 Å². The van der Waals surface area contributed by atoms with Gasteiger partial charge in [0, 0.05) is 14.5 Å². The van der Waals surface area contributed by atoms with E-state index >= 15 is 0 Å². The second-order valence-electron chi connectivity index (χ2n) is 3.94. The van der Waals surface area contributed by atoms with Crippen molar-refractivity contribution in [3.05, 3.63) is 23.8 Å². The van der Waals surface area contributed by atoms with Gasteiger partial charge in [-0.1, -0.05) is 12.1 Å². The van der Waals surface area contributed by atoms with Crippen LogP contribution < -0.4 is 0 Å². The average Bonchev–Trinajstić information content (AvgIpc) is 2.12. The Kier molecular flexibility index (Phi) is 3.93. The van der Waals surface area contributed by atoms with E-state index in [2.05, 4.69) is 25.6 Å². The molecule has 0 fully saturated rings. The molecule has 78 valence electrons. The first kappa shape index (κ1) is 12.0. The number of hydrogen-bond acceptors (Lipinski definition) is 3. The number of thiol groups is 1. The van der Waals surface area contributed by atoms with Crippen LogP contribution >= 0.6 is 24.4 Å². The quantitative estimate of drug-likeness (QED) is 0.612. The van der Waals surface area contributed by atoms with Gasteiger partial charge in [0.05, 0.1) is 6.61 Å². The molecule has 0 atom stereocenters. The maximum Gasteiger partial charge on any atom is 0.0576 e. The van der Waals surface area contributed by atoms with E-state index in [1.165, 1.54) is 5.56 Å². The van der Waals surface area contributed by atoms with Crippen LogP contribution in [0.2, 0.25) is 0 Å². The van der Waals surface area contributed by atoms with Gasteiger partial charge in [0.2, 0.25) is 0 Å². The van der Waals surface area contributed by atoms with E-state index in [-0.39, 0.29) is 11.4 Å². The van der Waals surface area contributed by atoms with Gasteiger partial charge in [-0.3, -0.25) is 0 Å². The van der Waals surface area contributed by atoms with Crippen molar-refractivity contribution in [2.24, 2.45) is 0 Å². The number of hydrogen-bond donors (Lipinski definition) is 2. The lowest BCUT2D eigenvalue weighted by atomic mass is 10.2. The third-order valence-corrected chi connectivity index (χ3v) is 3.90. The van der Waals surface area contributed by atoms with Crippen molar-refractivity contribution in [2.75, 3.05) is 6.61 Å². The van der Waals surface area contributed by atoms with Crippen molar-refractivity contribution >= 4 is 24.4 Å². The minimum absolute atomic E-state index is 0.149. The molecule has 14 heavy (non-hydrogen) atoms. The van der Waals surface area contributed by atoms with Crippen molar-refractivity contribution in [1.29, 1.82) is 0 Å². The minimum Gasteiger partial charge on any atom is -0.395 e. The van der Waals surface area contributed by atoms with Crippen LogP contribution in [0.5, 0.6) is 0 Å². The molecular formula is C11H16OS2. The second-order valence-corrected chi connectivity index (χ2v) is 6.14. The number of benzene rings is 1. The molecule has 1 rings (SSSR count). The second kappa shape index (κ2) is 4.60. The van der Waals surface area contributed by atoms with Crippen molar-refractivity contribution in [2.45, 2.75) is 35.3 Å². The highest BCUT2D eigenvalue weighted by molar-refractivity contribution is 8.01. The summed E-state index contributed by atoms with van der Waals surface area (Å²) in [6, 6.07) is 6.04. The van der Waals surface area contributed by atoms with Crippen molar-refractivity contribution < 1.29 is 5.11 Å². The zero-order chi connectivity index (χ0) is 10.8. The summed E-state index contributed by atoms with van der Waals surface area (Å²) in [5, 5.41) is 9.19. The zero-order valence-corrected chi connectivity index (χ0v) is 10.5. The van der Waals surface area contributed by atoms with Gasteiger partial charge in [-0.05, 0) is 32.4 Å². The maximum absolute atomic E-state index is 9.19. The molecule has 0 aliphatic carbocycles. The normalized spacial score (nSPS) is 11.8. The summed E-state index contributed by atoms with van der Waals surface area (Å²) in [6.45, 7) is 6.28. The SMILES string of the molecule is Cc1cccc(S)c1SC(C)(C)CO. The molecule has 0 unspecified atom stereocenters. The smallest absolute Gasteiger partial charge is 0.0576 e. The van der Waals surface area contributed by atoms with E-state index in [1.807, 2.05) is 26.0 Å². The van der Waals surface area contributed by atoms with Crippen molar-refractivity contribution in [1.82, 2.24) is 0 Å². The molecule has 1 nitrogen and oxygen atoms in total. The van der Waals surface area contributed by atoms with Gasteiger partial charge in [0.25, 0.3) is 0 Å². The Hall–Kier alpha value is -0.120. The molecule has 0 radical (unpaired) electrons. The molecular weight excluding hydrogens is 212 g/mol. The topological polar surface area (TPSA) is 20.2 Å². The van der Waals surface area contributed by atoms with E-state index in [0.29, 0.717) is 0 Å². The number of aliphatic hydroxyl groups excluding tert-OH is 1. The first-order chi connectivity index (χ1) is 6.46.